The fourth-order valence-electron chi connectivity index (χ4n) is 1.51. The van der Waals surface area contributed by atoms with E-state index in [1.54, 1.807) is 20.2 Å². The largest absolute Gasteiger partial charge is 0.383 e. The normalized spacial score (nSPS) is 12.3. The minimum atomic E-state index is -0.437. The van der Waals surface area contributed by atoms with Gasteiger partial charge in [-0.1, -0.05) is 31.9 Å². The smallest absolute Gasteiger partial charge is 0.253 e. The summed E-state index contributed by atoms with van der Waals surface area (Å²) in [6.45, 7) is 0.991. The molecule has 0 spiro atoms. The van der Waals surface area contributed by atoms with Crippen LogP contribution in [-0.2, 0) is 4.74 Å². The molecule has 1 rings (SSSR count). The van der Waals surface area contributed by atoms with Crippen LogP contribution in [-0.4, -0.2) is 42.9 Å². The predicted molar refractivity (Wildman–Crippen MR) is 75.7 cm³/mol. The van der Waals surface area contributed by atoms with E-state index in [0.29, 0.717) is 23.2 Å². The number of nitrogens with zero attached hydrogens (tertiary/aromatic N) is 1. The van der Waals surface area contributed by atoms with Crippen LogP contribution in [0.3, 0.4) is 0 Å². The summed E-state index contributed by atoms with van der Waals surface area (Å²) >= 11 is 6.57. The summed E-state index contributed by atoms with van der Waals surface area (Å²) in [5.74, 6) is -0.663. The first kappa shape index (κ1) is 15.6. The fraction of sp³-hybridized carbons (Fsp3) is 0.417. The topological polar surface area (TPSA) is 29.5 Å². The first-order valence-corrected chi connectivity index (χ1v) is 6.99. The standard InChI is InChI=1S/C12H14Br2FNO2/c1-16(6-10(14)7-18-2)12(17)8-3-9(13)5-11(15)4-8/h3-5,10H,6-7H2,1-2H3. The molecular weight excluding hydrogens is 369 g/mol. The number of rotatable bonds is 5. The molecule has 0 fully saturated rings. The van der Waals surface area contributed by atoms with Crippen LogP contribution in [0.2, 0.25) is 0 Å². The van der Waals surface area contributed by atoms with E-state index < -0.39 is 5.82 Å². The van der Waals surface area contributed by atoms with Gasteiger partial charge >= 0.3 is 0 Å². The van der Waals surface area contributed by atoms with Crippen molar-refractivity contribution in [2.45, 2.75) is 4.83 Å². The fourth-order valence-corrected chi connectivity index (χ4v) is 2.68. The monoisotopic (exact) mass is 381 g/mol. The number of methoxy groups -OCH3 is 1. The summed E-state index contributed by atoms with van der Waals surface area (Å²) in [5.41, 5.74) is 0.321. The maximum Gasteiger partial charge on any atom is 0.253 e. The van der Waals surface area contributed by atoms with Gasteiger partial charge in [0.15, 0.2) is 0 Å². The molecule has 1 unspecified atom stereocenters. The van der Waals surface area contributed by atoms with Gasteiger partial charge in [-0.3, -0.25) is 4.79 Å². The third-order valence-electron chi connectivity index (χ3n) is 2.28. The van der Waals surface area contributed by atoms with Gasteiger partial charge in [0.05, 0.1) is 11.4 Å². The molecule has 0 saturated carbocycles. The van der Waals surface area contributed by atoms with Crippen molar-refractivity contribution in [1.82, 2.24) is 4.90 Å². The van der Waals surface area contributed by atoms with Crippen molar-refractivity contribution in [3.63, 3.8) is 0 Å². The summed E-state index contributed by atoms with van der Waals surface area (Å²) in [6, 6.07) is 4.14. The zero-order valence-corrected chi connectivity index (χ0v) is 13.3. The Labute approximate surface area is 123 Å². The quantitative estimate of drug-likeness (QED) is 0.732. The van der Waals surface area contributed by atoms with E-state index in [1.165, 1.54) is 17.0 Å². The molecule has 0 aliphatic heterocycles. The Morgan fingerprint density at radius 2 is 2.17 bits per heavy atom. The first-order valence-electron chi connectivity index (χ1n) is 5.28. The average Bonchev–Trinajstić information content (AvgIpc) is 2.26. The molecule has 6 heteroatoms. The van der Waals surface area contributed by atoms with Gasteiger partial charge in [-0.15, -0.1) is 0 Å². The van der Waals surface area contributed by atoms with Crippen molar-refractivity contribution < 1.29 is 13.9 Å². The number of halogens is 3. The molecule has 0 aliphatic carbocycles. The lowest BCUT2D eigenvalue weighted by atomic mass is 10.2. The number of carbonyl (C=O) groups excluding carboxylic acids is 1. The molecular formula is C12H14Br2FNO2. The van der Waals surface area contributed by atoms with Gasteiger partial charge < -0.3 is 9.64 Å². The van der Waals surface area contributed by atoms with Crippen LogP contribution >= 0.6 is 31.9 Å². The van der Waals surface area contributed by atoms with Gasteiger partial charge in [-0.05, 0) is 18.2 Å². The molecule has 1 amide bonds. The van der Waals surface area contributed by atoms with Gasteiger partial charge in [-0.2, -0.15) is 0 Å². The van der Waals surface area contributed by atoms with Crippen LogP contribution in [0.25, 0.3) is 0 Å². The van der Waals surface area contributed by atoms with Crippen molar-refractivity contribution in [2.24, 2.45) is 0 Å². The number of amides is 1. The molecule has 0 radical (unpaired) electrons. The van der Waals surface area contributed by atoms with E-state index in [9.17, 15) is 9.18 Å². The molecule has 1 aromatic rings. The number of benzene rings is 1. The van der Waals surface area contributed by atoms with Crippen molar-refractivity contribution in [3.8, 4) is 0 Å². The minimum absolute atomic E-state index is 0.0495. The Hall–Kier alpha value is -0.460. The SMILES string of the molecule is COCC(Br)CN(C)C(=O)c1cc(F)cc(Br)c1. The second-order valence-corrected chi connectivity index (χ2v) is 6.11. The second kappa shape index (κ2) is 7.21. The number of carbonyl (C=O) groups is 1. The summed E-state index contributed by atoms with van der Waals surface area (Å²) < 4.78 is 18.7. The minimum Gasteiger partial charge on any atom is -0.383 e. The van der Waals surface area contributed by atoms with E-state index in [4.69, 9.17) is 4.74 Å². The Morgan fingerprint density at radius 1 is 1.50 bits per heavy atom. The van der Waals surface area contributed by atoms with E-state index in [0.717, 1.165) is 0 Å². The van der Waals surface area contributed by atoms with E-state index in [1.807, 2.05) is 0 Å². The average molecular weight is 383 g/mol. The molecule has 0 N–H and O–H groups in total. The maximum atomic E-state index is 13.2. The molecule has 0 aliphatic rings. The molecule has 0 bridgehead atoms. The Balaban J connectivity index is 2.74. The highest BCUT2D eigenvalue weighted by Crippen LogP contribution is 2.16. The lowest BCUT2D eigenvalue weighted by Gasteiger charge is -2.20. The lowest BCUT2D eigenvalue weighted by molar-refractivity contribution is 0.0783. The molecule has 0 aromatic heterocycles. The number of ether oxygens (including phenoxy) is 1. The van der Waals surface area contributed by atoms with Crippen molar-refractivity contribution in [3.05, 3.63) is 34.1 Å². The highest BCUT2D eigenvalue weighted by atomic mass is 79.9. The predicted octanol–water partition coefficient (Wildman–Crippen LogP) is 3.07. The maximum absolute atomic E-state index is 13.2. The van der Waals surface area contributed by atoms with Gasteiger partial charge in [0.25, 0.3) is 5.91 Å². The van der Waals surface area contributed by atoms with Gasteiger partial charge in [0.1, 0.15) is 5.82 Å². The molecule has 18 heavy (non-hydrogen) atoms. The van der Waals surface area contributed by atoms with E-state index in [2.05, 4.69) is 31.9 Å². The number of alkyl halides is 1. The van der Waals surface area contributed by atoms with Crippen LogP contribution in [0, 0.1) is 5.82 Å². The summed E-state index contributed by atoms with van der Waals surface area (Å²) in [4.78, 5) is 13.6. The first-order chi connectivity index (χ1) is 8.43. The van der Waals surface area contributed by atoms with Gasteiger partial charge in [0.2, 0.25) is 0 Å². The third-order valence-corrected chi connectivity index (χ3v) is 3.29. The van der Waals surface area contributed by atoms with Crippen LogP contribution in [0.15, 0.2) is 22.7 Å². The highest BCUT2D eigenvalue weighted by molar-refractivity contribution is 9.10. The molecule has 0 heterocycles. The van der Waals surface area contributed by atoms with Crippen molar-refractivity contribution >= 4 is 37.8 Å². The van der Waals surface area contributed by atoms with Crippen LogP contribution < -0.4 is 0 Å². The van der Waals surface area contributed by atoms with Crippen LogP contribution in [0.5, 0.6) is 0 Å². The van der Waals surface area contributed by atoms with E-state index in [-0.39, 0.29) is 10.7 Å². The Morgan fingerprint density at radius 3 is 2.72 bits per heavy atom. The lowest BCUT2D eigenvalue weighted by Crippen LogP contribution is -2.33. The highest BCUT2D eigenvalue weighted by Gasteiger charge is 2.16. The Bertz CT molecular complexity index is 408. The van der Waals surface area contributed by atoms with Crippen molar-refractivity contribution in [2.75, 3.05) is 27.3 Å². The second-order valence-electron chi connectivity index (χ2n) is 3.90. The summed E-state index contributed by atoms with van der Waals surface area (Å²) in [5, 5.41) is 0. The summed E-state index contributed by atoms with van der Waals surface area (Å²) in [6.07, 6.45) is 0. The molecule has 1 aromatic carbocycles. The molecule has 100 valence electrons. The molecule has 0 saturated heterocycles. The third kappa shape index (κ3) is 4.66. The van der Waals surface area contributed by atoms with Gasteiger partial charge in [0, 0.05) is 30.7 Å². The molecule has 3 nitrogen and oxygen atoms in total. The van der Waals surface area contributed by atoms with Crippen LogP contribution in [0.4, 0.5) is 4.39 Å². The van der Waals surface area contributed by atoms with Gasteiger partial charge in [-0.25, -0.2) is 4.39 Å². The molecule has 1 atom stereocenters. The summed E-state index contributed by atoms with van der Waals surface area (Å²) in [7, 11) is 3.27. The van der Waals surface area contributed by atoms with Crippen molar-refractivity contribution in [1.29, 1.82) is 0 Å². The van der Waals surface area contributed by atoms with Crippen LogP contribution in [0.1, 0.15) is 10.4 Å². The van der Waals surface area contributed by atoms with E-state index >= 15 is 0 Å². The number of hydrogen-bond acceptors (Lipinski definition) is 2. The Kier molecular flexibility index (Phi) is 6.25. The zero-order chi connectivity index (χ0) is 13.7. The zero-order valence-electron chi connectivity index (χ0n) is 10.1. The number of hydrogen-bond donors (Lipinski definition) is 0.